The predicted molar refractivity (Wildman–Crippen MR) is 79.4 cm³/mol. The molecule has 4 nitrogen and oxygen atoms in total. The highest BCUT2D eigenvalue weighted by Crippen LogP contribution is 2.24. The average molecular weight is 268 g/mol. The fourth-order valence-corrected chi connectivity index (χ4v) is 2.75. The molecule has 2 aromatic heterocycles. The molecular formula is C16H20N4. The van der Waals surface area contributed by atoms with Gasteiger partial charge in [-0.25, -0.2) is 9.97 Å². The van der Waals surface area contributed by atoms with Crippen LogP contribution >= 0.6 is 0 Å². The summed E-state index contributed by atoms with van der Waals surface area (Å²) in [7, 11) is 0. The van der Waals surface area contributed by atoms with Crippen LogP contribution in [-0.2, 0) is 25.8 Å². The number of aromatic nitrogens is 3. The Hall–Kier alpha value is -1.81. The van der Waals surface area contributed by atoms with Crippen molar-refractivity contribution >= 4 is 0 Å². The summed E-state index contributed by atoms with van der Waals surface area (Å²) >= 11 is 0. The van der Waals surface area contributed by atoms with Crippen LogP contribution in [0.15, 0.2) is 18.5 Å². The molecule has 0 radical (unpaired) electrons. The number of aryl methyl sites for hydroxylation is 2. The Morgan fingerprint density at radius 3 is 2.90 bits per heavy atom. The van der Waals surface area contributed by atoms with Crippen LogP contribution in [0.1, 0.15) is 36.4 Å². The number of pyridine rings is 1. The van der Waals surface area contributed by atoms with Crippen molar-refractivity contribution < 1.29 is 0 Å². The molecule has 0 bridgehead atoms. The second-order valence-electron chi connectivity index (χ2n) is 5.09. The number of hydrogen-bond acceptors (Lipinski definition) is 4. The molecular weight excluding hydrogens is 248 g/mol. The Morgan fingerprint density at radius 1 is 1.20 bits per heavy atom. The van der Waals surface area contributed by atoms with Gasteiger partial charge in [0.1, 0.15) is 0 Å². The minimum absolute atomic E-state index is 0.863. The van der Waals surface area contributed by atoms with Crippen LogP contribution in [0, 0.1) is 0 Å². The van der Waals surface area contributed by atoms with Crippen molar-refractivity contribution in [2.24, 2.45) is 0 Å². The van der Waals surface area contributed by atoms with Crippen LogP contribution in [0.25, 0.3) is 11.4 Å². The van der Waals surface area contributed by atoms with E-state index < -0.39 is 0 Å². The molecule has 0 unspecified atom stereocenters. The van der Waals surface area contributed by atoms with E-state index in [-0.39, 0.29) is 0 Å². The third-order valence-electron chi connectivity index (χ3n) is 3.88. The van der Waals surface area contributed by atoms with Gasteiger partial charge in [-0.1, -0.05) is 13.8 Å². The molecule has 0 spiro atoms. The van der Waals surface area contributed by atoms with Crippen LogP contribution in [0.4, 0.5) is 0 Å². The van der Waals surface area contributed by atoms with Crippen LogP contribution in [-0.4, -0.2) is 21.5 Å². The molecule has 0 saturated heterocycles. The fourth-order valence-electron chi connectivity index (χ4n) is 2.75. The summed E-state index contributed by atoms with van der Waals surface area (Å²) in [5.41, 5.74) is 6.03. The highest BCUT2D eigenvalue weighted by Gasteiger charge is 2.18. The number of nitrogens with zero attached hydrogens (tertiary/aromatic N) is 3. The van der Waals surface area contributed by atoms with Gasteiger partial charge in [-0.05, 0) is 24.5 Å². The van der Waals surface area contributed by atoms with Crippen molar-refractivity contribution in [2.45, 2.75) is 39.7 Å². The van der Waals surface area contributed by atoms with E-state index in [0.29, 0.717) is 0 Å². The van der Waals surface area contributed by atoms with Crippen molar-refractivity contribution in [2.75, 3.05) is 6.54 Å². The first-order valence-corrected chi connectivity index (χ1v) is 7.36. The van der Waals surface area contributed by atoms with E-state index in [4.69, 9.17) is 9.97 Å². The van der Waals surface area contributed by atoms with Gasteiger partial charge in [-0.2, -0.15) is 0 Å². The molecule has 3 rings (SSSR count). The Bertz CT molecular complexity index is 605. The minimum atomic E-state index is 0.863. The van der Waals surface area contributed by atoms with Gasteiger partial charge in [-0.15, -0.1) is 0 Å². The molecule has 2 aromatic rings. The molecule has 0 saturated carbocycles. The lowest BCUT2D eigenvalue weighted by Crippen LogP contribution is -2.26. The monoisotopic (exact) mass is 268 g/mol. The lowest BCUT2D eigenvalue weighted by molar-refractivity contribution is 0.618. The van der Waals surface area contributed by atoms with Gasteiger partial charge in [-0.3, -0.25) is 4.98 Å². The summed E-state index contributed by atoms with van der Waals surface area (Å²) in [6.45, 7) is 6.21. The first-order chi connectivity index (χ1) is 9.83. The Labute approximate surface area is 119 Å². The van der Waals surface area contributed by atoms with Gasteiger partial charge in [0, 0.05) is 48.7 Å². The van der Waals surface area contributed by atoms with E-state index in [1.807, 2.05) is 18.5 Å². The second-order valence-corrected chi connectivity index (χ2v) is 5.09. The van der Waals surface area contributed by atoms with Crippen molar-refractivity contribution in [3.8, 4) is 11.4 Å². The summed E-state index contributed by atoms with van der Waals surface area (Å²) in [6, 6.07) is 2.03. The van der Waals surface area contributed by atoms with Gasteiger partial charge in [0.2, 0.25) is 0 Å². The van der Waals surface area contributed by atoms with Gasteiger partial charge in [0.05, 0.1) is 5.69 Å². The standard InChI is InChI=1S/C16H20N4/c1-3-11-9-17-7-5-12(11)16-19-14(4-2)13-10-18-8-6-15(13)20-16/h5,7,9,18H,3-4,6,8,10H2,1-2H3. The van der Waals surface area contributed by atoms with Crippen molar-refractivity contribution in [1.29, 1.82) is 0 Å². The largest absolute Gasteiger partial charge is 0.312 e. The third-order valence-corrected chi connectivity index (χ3v) is 3.88. The zero-order valence-corrected chi connectivity index (χ0v) is 12.1. The number of rotatable bonds is 3. The fraction of sp³-hybridized carbons (Fsp3) is 0.438. The molecule has 104 valence electrons. The lowest BCUT2D eigenvalue weighted by Gasteiger charge is -2.20. The molecule has 0 atom stereocenters. The maximum Gasteiger partial charge on any atom is 0.160 e. The van der Waals surface area contributed by atoms with Crippen molar-refractivity contribution in [1.82, 2.24) is 20.3 Å². The van der Waals surface area contributed by atoms with Crippen LogP contribution < -0.4 is 5.32 Å². The average Bonchev–Trinajstić information content (AvgIpc) is 2.53. The first-order valence-electron chi connectivity index (χ1n) is 7.36. The summed E-state index contributed by atoms with van der Waals surface area (Å²) in [5, 5.41) is 3.41. The molecule has 3 heterocycles. The minimum Gasteiger partial charge on any atom is -0.312 e. The van der Waals surface area contributed by atoms with Gasteiger partial charge in [0.15, 0.2) is 5.82 Å². The Kier molecular flexibility index (Phi) is 3.74. The van der Waals surface area contributed by atoms with Crippen LogP contribution in [0.5, 0.6) is 0 Å². The maximum atomic E-state index is 4.82. The van der Waals surface area contributed by atoms with E-state index in [9.17, 15) is 0 Å². The summed E-state index contributed by atoms with van der Waals surface area (Å²) in [5.74, 6) is 0.863. The maximum absolute atomic E-state index is 4.82. The Balaban J connectivity index is 2.14. The van der Waals surface area contributed by atoms with E-state index in [2.05, 4.69) is 24.1 Å². The smallest absolute Gasteiger partial charge is 0.160 e. The molecule has 1 aliphatic rings. The van der Waals surface area contributed by atoms with E-state index in [0.717, 1.165) is 43.7 Å². The van der Waals surface area contributed by atoms with E-state index in [1.165, 1.54) is 22.5 Å². The summed E-state index contributed by atoms with van der Waals surface area (Å²) in [6.07, 6.45) is 6.64. The van der Waals surface area contributed by atoms with Gasteiger partial charge >= 0.3 is 0 Å². The zero-order chi connectivity index (χ0) is 13.9. The molecule has 1 N–H and O–H groups in total. The van der Waals surface area contributed by atoms with Gasteiger partial charge < -0.3 is 5.32 Å². The van der Waals surface area contributed by atoms with Gasteiger partial charge in [0.25, 0.3) is 0 Å². The van der Waals surface area contributed by atoms with Crippen LogP contribution in [0.2, 0.25) is 0 Å². The highest BCUT2D eigenvalue weighted by atomic mass is 15.0. The molecule has 0 aliphatic carbocycles. The second kappa shape index (κ2) is 5.67. The highest BCUT2D eigenvalue weighted by molar-refractivity contribution is 5.60. The first kappa shape index (κ1) is 13.2. The van der Waals surface area contributed by atoms with Crippen molar-refractivity contribution in [3.05, 3.63) is 41.0 Å². The number of nitrogens with one attached hydrogen (secondary N) is 1. The molecule has 0 aromatic carbocycles. The predicted octanol–water partition coefficient (Wildman–Crippen LogP) is 2.31. The molecule has 1 aliphatic heterocycles. The SMILES string of the molecule is CCc1cnccc1-c1nc(CC)c2c(n1)CCNC2. The van der Waals surface area contributed by atoms with Crippen LogP contribution in [0.3, 0.4) is 0 Å². The molecule has 20 heavy (non-hydrogen) atoms. The van der Waals surface area contributed by atoms with E-state index >= 15 is 0 Å². The summed E-state index contributed by atoms with van der Waals surface area (Å²) in [4.78, 5) is 13.8. The lowest BCUT2D eigenvalue weighted by atomic mass is 10.0. The normalized spacial score (nSPS) is 14.1. The van der Waals surface area contributed by atoms with Crippen molar-refractivity contribution in [3.63, 3.8) is 0 Å². The number of hydrogen-bond donors (Lipinski definition) is 1. The number of fused-ring (bicyclic) bond motifs is 1. The molecule has 0 fully saturated rings. The third kappa shape index (κ3) is 2.31. The molecule has 0 amide bonds. The summed E-state index contributed by atoms with van der Waals surface area (Å²) < 4.78 is 0. The topological polar surface area (TPSA) is 50.7 Å². The van der Waals surface area contributed by atoms with E-state index in [1.54, 1.807) is 0 Å². The molecule has 4 heteroatoms. The quantitative estimate of drug-likeness (QED) is 0.928. The Morgan fingerprint density at radius 2 is 2.10 bits per heavy atom. The zero-order valence-electron chi connectivity index (χ0n) is 12.1.